The summed E-state index contributed by atoms with van der Waals surface area (Å²) in [7, 11) is -17.9. The van der Waals surface area contributed by atoms with Gasteiger partial charge in [-0.2, -0.15) is 0 Å². The standard InChI is InChI=1S/4C16H16FN2O8PS/c4*17-16(8-25-28(23)24-7-9-3-1-2-4-10(9)27-28)13(22)12(21)14(26-16)19-6-5-11(20)18-15(19)29/h4*1-6,12-14,21-22H,7-8H2,(H,18,20,29)/t4*12-,13+,14-,16-,28?/m1111/s1/i8D2,14D;14D;8D2;. The Morgan fingerprint density at radius 1 is 0.388 bits per heavy atom. The summed E-state index contributed by atoms with van der Waals surface area (Å²) in [5.74, 6) is -13.2. The fraction of sp³-hybridized carbons (Fsp3) is 0.375. The van der Waals surface area contributed by atoms with Gasteiger partial charge in [0, 0.05) is 71.3 Å². The first-order valence-corrected chi connectivity index (χ1v) is 40.5. The molecule has 8 aliphatic heterocycles. The van der Waals surface area contributed by atoms with E-state index in [-0.39, 0.29) is 63.7 Å². The van der Waals surface area contributed by atoms with E-state index in [1.807, 2.05) is 0 Å². The van der Waals surface area contributed by atoms with Crippen molar-refractivity contribution in [3.05, 3.63) is 229 Å². The maximum Gasteiger partial charge on any atom is 0.530 e. The van der Waals surface area contributed by atoms with E-state index >= 15 is 17.6 Å². The number of fused-ring (bicyclic) bond motifs is 4. The first kappa shape index (κ1) is 78.2. The average Bonchev–Trinajstić information content (AvgIpc) is 1.55. The predicted octanol–water partition coefficient (Wildman–Crippen LogP) is 6.22. The molecule has 12 heterocycles. The van der Waals surface area contributed by atoms with Crippen LogP contribution in [0.15, 0.2) is 165 Å². The number of aliphatic hydroxyl groups excluding tert-OH is 8. The van der Waals surface area contributed by atoms with Gasteiger partial charge in [-0.05, 0) is 73.1 Å². The number of hydrogen-bond donors (Lipinski definition) is 12. The van der Waals surface area contributed by atoms with Crippen LogP contribution >= 0.6 is 80.2 Å². The number of aliphatic hydroxyl groups is 8. The molecule has 40 nitrogen and oxygen atoms in total. The number of aromatic nitrogens is 8. The molecule has 0 aliphatic carbocycles. The topological polar surface area (TPSA) is 529 Å². The summed E-state index contributed by atoms with van der Waals surface area (Å²) in [5, 5.41) is 82.0. The zero-order valence-corrected chi connectivity index (χ0v) is 64.8. The van der Waals surface area contributed by atoms with Crippen molar-refractivity contribution in [3.8, 4) is 23.0 Å². The Morgan fingerprint density at radius 3 is 0.966 bits per heavy atom. The Kier molecular flexibility index (Phi) is 23.1. The Bertz CT molecular complexity index is 6080. The van der Waals surface area contributed by atoms with Gasteiger partial charge >= 0.3 is 31.3 Å². The molecule has 12 N–H and O–H groups in total. The molecule has 8 aromatic rings. The molecule has 4 aromatic heterocycles. The Hall–Kier alpha value is -7.68. The molecule has 0 bridgehead atoms. The van der Waals surface area contributed by atoms with Crippen molar-refractivity contribution in [1.29, 1.82) is 0 Å². The van der Waals surface area contributed by atoms with Crippen molar-refractivity contribution < 1.29 is 158 Å². The molecule has 4 aromatic carbocycles. The van der Waals surface area contributed by atoms with Crippen molar-refractivity contribution in [2.24, 2.45) is 0 Å². The van der Waals surface area contributed by atoms with Gasteiger partial charge in [0.05, 0.1) is 34.7 Å². The molecule has 4 fully saturated rings. The van der Waals surface area contributed by atoms with Gasteiger partial charge in [0.15, 0.2) is 43.9 Å². The smallest absolute Gasteiger partial charge is 0.404 e. The fourth-order valence-electron chi connectivity index (χ4n) is 11.2. The number of halogens is 4. The van der Waals surface area contributed by atoms with Crippen LogP contribution in [0.1, 0.15) is 55.3 Å². The number of phosphoric acid groups is 4. The third kappa shape index (κ3) is 18.5. The summed E-state index contributed by atoms with van der Waals surface area (Å²) in [4.78, 5) is 54.2. The molecule has 624 valence electrons. The highest BCUT2D eigenvalue weighted by molar-refractivity contribution is 7.71. The van der Waals surface area contributed by atoms with Crippen LogP contribution in [0.3, 0.4) is 0 Å². The van der Waals surface area contributed by atoms with E-state index in [2.05, 4.69) is 19.9 Å². The van der Waals surface area contributed by atoms with Crippen molar-refractivity contribution >= 4 is 80.2 Å². The number of hydrogen-bond acceptors (Lipinski definition) is 36. The first-order chi connectivity index (χ1) is 57.0. The second-order valence-corrected chi connectivity index (χ2v) is 32.8. The van der Waals surface area contributed by atoms with Crippen molar-refractivity contribution in [2.75, 3.05) is 26.3 Å². The largest absolute Gasteiger partial charge is 0.530 e. The summed E-state index contributed by atoms with van der Waals surface area (Å²) in [6, 6.07) is 29.6. The molecule has 4 saturated heterocycles. The summed E-state index contributed by atoms with van der Waals surface area (Å²) >= 11 is 19.7. The fourth-order valence-corrected chi connectivity index (χ4v) is 16.9. The number of para-hydroxylation sites is 4. The molecule has 0 saturated carbocycles. The third-order valence-electron chi connectivity index (χ3n) is 17.2. The van der Waals surface area contributed by atoms with Crippen molar-refractivity contribution in [1.82, 2.24) is 38.2 Å². The van der Waals surface area contributed by atoms with E-state index in [4.69, 9.17) is 130 Å². The number of nitrogens with one attached hydrogen (secondary N) is 4. The Morgan fingerprint density at radius 2 is 0.638 bits per heavy atom. The molecule has 52 heteroatoms. The zero-order valence-electron chi connectivity index (χ0n) is 64.0. The normalized spacial score (nSPS) is 36.1. The number of rotatable bonds is 16. The van der Waals surface area contributed by atoms with E-state index in [1.165, 1.54) is 24.4 Å². The molecule has 116 heavy (non-hydrogen) atoms. The second kappa shape index (κ2) is 34.2. The van der Waals surface area contributed by atoms with Gasteiger partial charge in [-0.1, -0.05) is 72.8 Å². The zero-order chi connectivity index (χ0) is 88.7. The molecule has 0 amide bonds. The second-order valence-electron chi connectivity index (χ2n) is 25.0. The molecule has 4 unspecified atom stereocenters. The minimum absolute atomic E-state index is 0.0492. The third-order valence-corrected chi connectivity index (χ3v) is 23.4. The highest BCUT2D eigenvalue weighted by Crippen LogP contribution is 2.60. The summed E-state index contributed by atoms with van der Waals surface area (Å²) in [5.41, 5.74) is -0.115. The van der Waals surface area contributed by atoms with Crippen LogP contribution in [-0.4, -0.2) is 178 Å². The van der Waals surface area contributed by atoms with E-state index < -0.39 is 182 Å². The lowest BCUT2D eigenvalue weighted by Gasteiger charge is -2.28. The number of benzene rings is 4. The molecular formula is C64H64F4N8O32P4S4. The van der Waals surface area contributed by atoms with Gasteiger partial charge in [-0.3, -0.25) is 93.6 Å². The number of H-pyrrole nitrogens is 4. The van der Waals surface area contributed by atoms with Crippen LogP contribution in [0.25, 0.3) is 0 Å². The van der Waals surface area contributed by atoms with Gasteiger partial charge in [-0.25, -0.2) is 35.8 Å². The van der Waals surface area contributed by atoms with E-state index in [0.717, 1.165) is 56.6 Å². The quantitative estimate of drug-likeness (QED) is 0.0290. The maximum atomic E-state index is 15.7. The minimum atomic E-state index is -4.76. The monoisotopic (exact) mass is 1790 g/mol. The van der Waals surface area contributed by atoms with Gasteiger partial charge in [0.25, 0.3) is 45.7 Å². The van der Waals surface area contributed by atoms with Crippen LogP contribution in [0.2, 0.25) is 0 Å². The van der Waals surface area contributed by atoms with E-state index in [9.17, 15) is 78.3 Å². The van der Waals surface area contributed by atoms with Gasteiger partial charge < -0.3 is 77.9 Å². The number of phosphoric ester groups is 4. The lowest BCUT2D eigenvalue weighted by atomic mass is 10.1. The highest BCUT2D eigenvalue weighted by Gasteiger charge is 2.62. The number of nitrogens with zero attached hydrogens (tertiary/aromatic N) is 4. The molecule has 16 rings (SSSR count). The highest BCUT2D eigenvalue weighted by atomic mass is 32.1. The van der Waals surface area contributed by atoms with Gasteiger partial charge in [0.1, 0.15) is 98.2 Å². The lowest BCUT2D eigenvalue weighted by molar-refractivity contribution is -0.205. The van der Waals surface area contributed by atoms with Crippen molar-refractivity contribution in [2.45, 2.75) is 124 Å². The average molecular weight is 1790 g/mol. The SMILES string of the molecule is O=c1ccn([C@@H]2O[C@](F)(COP3(=O)OCc4ccccc4O3)[C@@H](O)[C@H]2O)c(=S)[nH]1.[2H]C([2H])(OP1(=O)OCc2ccccc2O1)[C@@]1(F)O[C@@H](n2ccc(=O)[nH]c2=S)[C@H](O)[C@@H]1O.[2H]C([2H])(OP1(=O)OCc2ccccc2O1)[C@@]1(F)O[C@@]([2H])(n2ccc(=O)[nH]c2=S)[C@H](O)[C@@H]1O.[2H][C@@]1(n2ccc(=O)[nH]c2=S)O[C@](F)(COP2(=O)OCc3ccccc3O2)[C@@H](O)[C@H]1O. The molecule has 8 aliphatic rings. The number of alkyl halides is 4. The van der Waals surface area contributed by atoms with Crippen LogP contribution in [0.4, 0.5) is 17.6 Å². The van der Waals surface area contributed by atoms with Crippen molar-refractivity contribution in [3.63, 3.8) is 0 Å². The lowest BCUT2D eigenvalue weighted by Crippen LogP contribution is -2.43. The number of aromatic amines is 4. The predicted molar refractivity (Wildman–Crippen MR) is 389 cm³/mol. The molecule has 0 radical (unpaired) electrons. The first-order valence-electron chi connectivity index (χ1n) is 36.1. The molecule has 0 spiro atoms. The van der Waals surface area contributed by atoms with Gasteiger partial charge in [0.2, 0.25) is 0 Å². The Labute approximate surface area is 675 Å². The summed E-state index contributed by atoms with van der Waals surface area (Å²) in [6.07, 6.45) is -22.5. The van der Waals surface area contributed by atoms with Gasteiger partial charge in [-0.15, -0.1) is 0 Å². The van der Waals surface area contributed by atoms with Crippen LogP contribution < -0.4 is 40.3 Å². The molecule has 20 atom stereocenters. The maximum absolute atomic E-state index is 15.7. The summed E-state index contributed by atoms with van der Waals surface area (Å²) in [6.45, 7) is -10.4. The van der Waals surface area contributed by atoms with Crippen LogP contribution in [0.5, 0.6) is 23.0 Å². The van der Waals surface area contributed by atoms with Crippen LogP contribution in [-0.2, 0) is 99.8 Å². The van der Waals surface area contributed by atoms with E-state index in [0.29, 0.717) is 26.8 Å². The van der Waals surface area contributed by atoms with Crippen LogP contribution in [0, 0.1) is 19.1 Å². The summed E-state index contributed by atoms with van der Waals surface area (Å²) < 4.78 is 244. The minimum Gasteiger partial charge on any atom is -0.404 e. The van der Waals surface area contributed by atoms with E-state index in [1.54, 1.807) is 78.9 Å². The molecular weight excluding hydrogens is 1720 g/mol. The number of ether oxygens (including phenoxy) is 4. The Balaban J connectivity index is 0.000000140.